The van der Waals surface area contributed by atoms with Crippen LogP contribution in [-0.4, -0.2) is 32.4 Å². The molecule has 1 aromatic carbocycles. The van der Waals surface area contributed by atoms with Crippen LogP contribution in [-0.2, 0) is 11.9 Å². The summed E-state index contributed by atoms with van der Waals surface area (Å²) in [4.78, 5) is 46.1. The highest BCUT2D eigenvalue weighted by atomic mass is 32.1. The number of rotatable bonds is 3. The molecule has 1 aliphatic rings. The molecule has 1 aliphatic heterocycles. The fourth-order valence-corrected chi connectivity index (χ4v) is 3.54. The van der Waals surface area contributed by atoms with E-state index in [9.17, 15) is 14.4 Å². The molecule has 0 radical (unpaired) electrons. The average molecular weight is 367 g/mol. The topological polar surface area (TPSA) is 81.5 Å². The molecule has 0 saturated carbocycles. The van der Waals surface area contributed by atoms with Crippen LogP contribution in [0.25, 0.3) is 10.7 Å². The molecule has 2 amide bonds. The van der Waals surface area contributed by atoms with Gasteiger partial charge in [-0.3, -0.25) is 9.59 Å². The fourth-order valence-electron chi connectivity index (χ4n) is 2.69. The van der Waals surface area contributed by atoms with E-state index in [1.54, 1.807) is 12.1 Å². The second-order valence-electron chi connectivity index (χ2n) is 5.79. The molecule has 0 N–H and O–H groups in total. The number of carbonyl (C=O) groups excluding carboxylic acids is 3. The maximum Gasteiger partial charge on any atom is 0.383 e. The van der Waals surface area contributed by atoms with Gasteiger partial charge in [-0.05, 0) is 31.2 Å². The average Bonchev–Trinajstić information content (AvgIpc) is 3.31. The lowest BCUT2D eigenvalue weighted by molar-refractivity contribution is -0.0587. The van der Waals surface area contributed by atoms with Gasteiger partial charge in [-0.2, -0.15) is 0 Å². The third kappa shape index (κ3) is 2.42. The SMILES string of the molecule is Cc1ccc(-c2nc(C(=O)ON3C(=O)c4ccccc4C3=O)cs2)n1C. The highest BCUT2D eigenvalue weighted by molar-refractivity contribution is 7.13. The van der Waals surface area contributed by atoms with Gasteiger partial charge in [0.1, 0.15) is 5.01 Å². The van der Waals surface area contributed by atoms with Gasteiger partial charge in [-0.1, -0.05) is 17.2 Å². The highest BCUT2D eigenvalue weighted by Crippen LogP contribution is 2.27. The number of hydrogen-bond donors (Lipinski definition) is 0. The standard InChI is InChI=1S/C18H13N3O4S/c1-10-7-8-14(20(10)2)15-19-13(9-26-15)18(24)25-21-16(22)11-5-3-4-6-12(11)17(21)23/h3-9H,1-2H3. The largest absolute Gasteiger partial charge is 0.383 e. The van der Waals surface area contributed by atoms with Crippen LogP contribution in [0.2, 0.25) is 0 Å². The Morgan fingerprint density at radius 2 is 1.73 bits per heavy atom. The van der Waals surface area contributed by atoms with E-state index < -0.39 is 17.8 Å². The second-order valence-corrected chi connectivity index (χ2v) is 6.64. The molecule has 7 nitrogen and oxygen atoms in total. The number of carbonyl (C=O) groups is 3. The molecule has 0 unspecified atom stereocenters. The van der Waals surface area contributed by atoms with E-state index in [2.05, 4.69) is 4.98 Å². The number of hydrogen-bond acceptors (Lipinski definition) is 6. The van der Waals surface area contributed by atoms with Crippen molar-refractivity contribution in [3.8, 4) is 10.7 Å². The van der Waals surface area contributed by atoms with E-state index >= 15 is 0 Å². The van der Waals surface area contributed by atoms with Crippen LogP contribution in [0, 0.1) is 6.92 Å². The summed E-state index contributed by atoms with van der Waals surface area (Å²) < 4.78 is 1.96. The number of amides is 2. The van der Waals surface area contributed by atoms with Crippen LogP contribution in [0.3, 0.4) is 0 Å². The van der Waals surface area contributed by atoms with Gasteiger partial charge >= 0.3 is 5.97 Å². The van der Waals surface area contributed by atoms with Crippen LogP contribution in [0.15, 0.2) is 41.8 Å². The smallest absolute Gasteiger partial charge is 0.346 e. The molecule has 0 saturated heterocycles. The van der Waals surface area contributed by atoms with Crippen LogP contribution >= 0.6 is 11.3 Å². The number of nitrogens with zero attached hydrogens (tertiary/aromatic N) is 3. The maximum absolute atomic E-state index is 12.3. The Bertz CT molecular complexity index is 1030. The molecule has 0 atom stereocenters. The number of aromatic nitrogens is 2. The Labute approximate surface area is 152 Å². The van der Waals surface area contributed by atoms with Crippen LogP contribution in [0.5, 0.6) is 0 Å². The summed E-state index contributed by atoms with van der Waals surface area (Å²) in [6.07, 6.45) is 0. The third-order valence-electron chi connectivity index (χ3n) is 4.24. The second kappa shape index (κ2) is 5.92. The van der Waals surface area contributed by atoms with Gasteiger partial charge < -0.3 is 9.40 Å². The van der Waals surface area contributed by atoms with Crippen molar-refractivity contribution in [3.05, 3.63) is 64.3 Å². The van der Waals surface area contributed by atoms with Gasteiger partial charge in [-0.15, -0.1) is 11.3 Å². The molecule has 2 aromatic heterocycles. The molecule has 3 aromatic rings. The van der Waals surface area contributed by atoms with Crippen LogP contribution in [0.4, 0.5) is 0 Å². The summed E-state index contributed by atoms with van der Waals surface area (Å²) in [5, 5.41) is 2.67. The number of hydroxylamine groups is 2. The minimum Gasteiger partial charge on any atom is -0.346 e. The predicted octanol–water partition coefficient (Wildman–Crippen LogP) is 2.83. The van der Waals surface area contributed by atoms with Gasteiger partial charge in [0.05, 0.1) is 16.8 Å². The molecular weight excluding hydrogens is 354 g/mol. The molecule has 0 fully saturated rings. The summed E-state index contributed by atoms with van der Waals surface area (Å²) in [7, 11) is 1.91. The van der Waals surface area contributed by atoms with Crippen molar-refractivity contribution in [2.75, 3.05) is 0 Å². The maximum atomic E-state index is 12.3. The first-order valence-electron chi connectivity index (χ1n) is 7.75. The van der Waals surface area contributed by atoms with Gasteiger partial charge in [0, 0.05) is 18.1 Å². The number of aryl methyl sites for hydroxylation is 1. The van der Waals surface area contributed by atoms with E-state index in [1.807, 2.05) is 30.7 Å². The molecule has 0 bridgehead atoms. The van der Waals surface area contributed by atoms with E-state index in [0.717, 1.165) is 11.4 Å². The van der Waals surface area contributed by atoms with Crippen molar-refractivity contribution >= 4 is 29.1 Å². The highest BCUT2D eigenvalue weighted by Gasteiger charge is 2.39. The molecule has 8 heteroatoms. The van der Waals surface area contributed by atoms with Crippen LogP contribution < -0.4 is 0 Å². The first kappa shape index (κ1) is 16.2. The number of benzene rings is 1. The van der Waals surface area contributed by atoms with Gasteiger partial charge in [-0.25, -0.2) is 9.78 Å². The molecule has 130 valence electrons. The predicted molar refractivity (Wildman–Crippen MR) is 93.6 cm³/mol. The van der Waals surface area contributed by atoms with Gasteiger partial charge in [0.15, 0.2) is 5.69 Å². The van der Waals surface area contributed by atoms with Gasteiger partial charge in [0.25, 0.3) is 11.8 Å². The van der Waals surface area contributed by atoms with Crippen molar-refractivity contribution in [2.45, 2.75) is 6.92 Å². The van der Waals surface area contributed by atoms with E-state index in [0.29, 0.717) is 10.1 Å². The number of imide groups is 1. The Morgan fingerprint density at radius 3 is 2.31 bits per heavy atom. The normalized spacial score (nSPS) is 13.2. The molecule has 3 heterocycles. The number of thiazole rings is 1. The van der Waals surface area contributed by atoms with Crippen molar-refractivity contribution in [1.82, 2.24) is 14.6 Å². The zero-order valence-corrected chi connectivity index (χ0v) is 14.7. The molecule has 0 spiro atoms. The molecule has 26 heavy (non-hydrogen) atoms. The van der Waals surface area contributed by atoms with Crippen molar-refractivity contribution in [3.63, 3.8) is 0 Å². The summed E-state index contributed by atoms with van der Waals surface area (Å²) in [5.41, 5.74) is 2.39. The van der Waals surface area contributed by atoms with Crippen LogP contribution in [0.1, 0.15) is 36.9 Å². The lowest BCUT2D eigenvalue weighted by Gasteiger charge is -2.11. The van der Waals surface area contributed by atoms with E-state index in [4.69, 9.17) is 4.84 Å². The molecular formula is C18H13N3O4S. The van der Waals surface area contributed by atoms with Crippen molar-refractivity contribution in [2.24, 2.45) is 7.05 Å². The fraction of sp³-hybridized carbons (Fsp3) is 0.111. The van der Waals surface area contributed by atoms with Gasteiger partial charge in [0.2, 0.25) is 0 Å². The Hall–Kier alpha value is -3.26. The Balaban J connectivity index is 1.56. The Morgan fingerprint density at radius 1 is 1.08 bits per heavy atom. The summed E-state index contributed by atoms with van der Waals surface area (Å²) in [6, 6.07) is 10.2. The minimum absolute atomic E-state index is 0.0420. The lowest BCUT2D eigenvalue weighted by Crippen LogP contribution is -2.32. The van der Waals surface area contributed by atoms with E-state index in [1.165, 1.54) is 28.8 Å². The third-order valence-corrected chi connectivity index (χ3v) is 5.10. The zero-order valence-electron chi connectivity index (χ0n) is 13.9. The lowest BCUT2D eigenvalue weighted by atomic mass is 10.1. The van der Waals surface area contributed by atoms with E-state index in [-0.39, 0.29) is 16.8 Å². The zero-order chi connectivity index (χ0) is 18.4. The van der Waals surface area contributed by atoms with Crippen molar-refractivity contribution < 1.29 is 19.2 Å². The Kier molecular flexibility index (Phi) is 3.69. The first-order valence-corrected chi connectivity index (χ1v) is 8.63. The first-order chi connectivity index (χ1) is 12.5. The molecule has 0 aliphatic carbocycles. The van der Waals surface area contributed by atoms with Crippen molar-refractivity contribution in [1.29, 1.82) is 0 Å². The minimum atomic E-state index is -0.854. The quantitative estimate of drug-likeness (QED) is 0.665. The summed E-state index contributed by atoms with van der Waals surface area (Å²) in [5.74, 6) is -2.17. The molecule has 4 rings (SSSR count). The summed E-state index contributed by atoms with van der Waals surface area (Å²) in [6.45, 7) is 1.97. The monoisotopic (exact) mass is 367 g/mol. The summed E-state index contributed by atoms with van der Waals surface area (Å²) >= 11 is 1.28. The number of fused-ring (bicyclic) bond motifs is 1.